The lowest BCUT2D eigenvalue weighted by Gasteiger charge is -2.27. The van der Waals surface area contributed by atoms with Gasteiger partial charge in [0.25, 0.3) is 11.7 Å². The summed E-state index contributed by atoms with van der Waals surface area (Å²) in [5.41, 5.74) is 2.68. The van der Waals surface area contributed by atoms with Gasteiger partial charge in [-0.2, -0.15) is 0 Å². The summed E-state index contributed by atoms with van der Waals surface area (Å²) in [4.78, 5) is 30.4. The third-order valence-electron chi connectivity index (χ3n) is 6.56. The van der Waals surface area contributed by atoms with Crippen molar-refractivity contribution in [3.05, 3.63) is 87.9 Å². The van der Waals surface area contributed by atoms with Gasteiger partial charge in [-0.15, -0.1) is 0 Å². The first kappa shape index (κ1) is 26.3. The highest BCUT2D eigenvalue weighted by atomic mass is 79.9. The van der Waals surface area contributed by atoms with Crippen LogP contribution in [0.1, 0.15) is 31.0 Å². The summed E-state index contributed by atoms with van der Waals surface area (Å²) in [6, 6.07) is 18.8. The zero-order chi connectivity index (χ0) is 26.7. The summed E-state index contributed by atoms with van der Waals surface area (Å²) in [6.45, 7) is 5.88. The molecule has 0 radical (unpaired) electrons. The van der Waals surface area contributed by atoms with Crippen LogP contribution < -0.4 is 19.3 Å². The minimum Gasteiger partial charge on any atom is -0.507 e. The van der Waals surface area contributed by atoms with Crippen LogP contribution in [0.5, 0.6) is 11.5 Å². The first-order valence-corrected chi connectivity index (χ1v) is 12.8. The normalized spacial score (nSPS) is 16.7. The molecule has 1 atom stereocenters. The second-order valence-electron chi connectivity index (χ2n) is 8.48. The fourth-order valence-corrected chi connectivity index (χ4v) is 5.12. The summed E-state index contributed by atoms with van der Waals surface area (Å²) < 4.78 is 11.2. The molecule has 3 aromatic rings. The molecule has 1 unspecified atom stereocenters. The summed E-state index contributed by atoms with van der Waals surface area (Å²) in [6.07, 6.45) is 0. The number of nitrogens with zero attached hydrogens (tertiary/aromatic N) is 2. The number of amides is 1. The van der Waals surface area contributed by atoms with Gasteiger partial charge in [-0.05, 0) is 89.9 Å². The number of halogens is 1. The van der Waals surface area contributed by atoms with Crippen LogP contribution in [-0.2, 0) is 9.59 Å². The lowest BCUT2D eigenvalue weighted by molar-refractivity contribution is -0.132. The van der Waals surface area contributed by atoms with Crippen LogP contribution in [0.4, 0.5) is 11.4 Å². The third-order valence-corrected chi connectivity index (χ3v) is 7.18. The van der Waals surface area contributed by atoms with Crippen molar-refractivity contribution in [2.24, 2.45) is 0 Å². The van der Waals surface area contributed by atoms with Gasteiger partial charge in [-0.1, -0.05) is 12.1 Å². The molecule has 8 heteroatoms. The molecule has 0 spiro atoms. The topological polar surface area (TPSA) is 79.3 Å². The number of carbonyl (C=O) groups excluding carboxylic acids is 2. The van der Waals surface area contributed by atoms with Crippen molar-refractivity contribution >= 4 is 44.8 Å². The fraction of sp³-hybridized carbons (Fsp3) is 0.241. The molecule has 0 bridgehead atoms. The molecular weight excluding hydrogens is 536 g/mol. The van der Waals surface area contributed by atoms with E-state index in [1.54, 1.807) is 56.7 Å². The number of Topliss-reactive ketones (excluding diaryl/α,β-unsaturated/α-hetero) is 1. The molecule has 3 aromatic carbocycles. The van der Waals surface area contributed by atoms with Crippen molar-refractivity contribution in [1.82, 2.24) is 0 Å². The lowest BCUT2D eigenvalue weighted by Crippen LogP contribution is -2.29. The lowest BCUT2D eigenvalue weighted by atomic mass is 9.94. The van der Waals surface area contributed by atoms with Gasteiger partial charge in [0.05, 0.1) is 30.3 Å². The molecule has 1 N–H and O–H groups in total. The number of ether oxygens (including phenoxy) is 2. The van der Waals surface area contributed by atoms with Crippen LogP contribution in [0.15, 0.2) is 76.8 Å². The summed E-state index contributed by atoms with van der Waals surface area (Å²) in [5, 5.41) is 11.4. The van der Waals surface area contributed by atoms with E-state index < -0.39 is 17.7 Å². The number of benzene rings is 3. The van der Waals surface area contributed by atoms with Crippen molar-refractivity contribution in [3.63, 3.8) is 0 Å². The maximum atomic E-state index is 13.4. The quantitative estimate of drug-likeness (QED) is 0.207. The Morgan fingerprint density at radius 2 is 1.59 bits per heavy atom. The Bertz CT molecular complexity index is 1330. The van der Waals surface area contributed by atoms with Gasteiger partial charge in [0, 0.05) is 30.0 Å². The number of aliphatic hydroxyl groups is 1. The molecule has 7 nitrogen and oxygen atoms in total. The Labute approximate surface area is 225 Å². The Hall–Kier alpha value is -3.78. The molecule has 37 heavy (non-hydrogen) atoms. The molecular formula is C29H29BrN2O5. The van der Waals surface area contributed by atoms with E-state index in [0.717, 1.165) is 18.8 Å². The van der Waals surface area contributed by atoms with Crippen molar-refractivity contribution in [2.45, 2.75) is 19.9 Å². The largest absolute Gasteiger partial charge is 0.507 e. The van der Waals surface area contributed by atoms with Crippen LogP contribution in [0.2, 0.25) is 0 Å². The molecule has 192 valence electrons. The van der Waals surface area contributed by atoms with Crippen molar-refractivity contribution in [3.8, 4) is 11.5 Å². The standard InChI is InChI=1S/C29H29BrN2O5/c1-5-31(6-2)20-10-7-18(8-11-20)26-25(27(33)19-9-16-24(37-4)23(30)17-19)28(34)29(35)32(26)21-12-14-22(36-3)15-13-21/h7-17,26,33H,5-6H2,1-4H3/b27-25-. The molecule has 1 saturated heterocycles. The zero-order valence-corrected chi connectivity index (χ0v) is 22.8. The molecule has 0 aromatic heterocycles. The van der Waals surface area contributed by atoms with E-state index in [2.05, 4.69) is 34.7 Å². The third kappa shape index (κ3) is 4.93. The number of rotatable bonds is 8. The van der Waals surface area contributed by atoms with Gasteiger partial charge in [0.1, 0.15) is 17.3 Å². The monoisotopic (exact) mass is 564 g/mol. The number of carbonyl (C=O) groups is 2. The van der Waals surface area contributed by atoms with Gasteiger partial charge < -0.3 is 19.5 Å². The number of methoxy groups -OCH3 is 2. The highest BCUT2D eigenvalue weighted by Crippen LogP contribution is 2.43. The highest BCUT2D eigenvalue weighted by Gasteiger charge is 2.47. The van der Waals surface area contributed by atoms with E-state index in [4.69, 9.17) is 9.47 Å². The van der Waals surface area contributed by atoms with Gasteiger partial charge in [-0.25, -0.2) is 0 Å². The summed E-state index contributed by atoms with van der Waals surface area (Å²) >= 11 is 3.43. The number of anilines is 2. The van der Waals surface area contributed by atoms with Crippen LogP contribution in [-0.4, -0.2) is 44.1 Å². The Kier molecular flexibility index (Phi) is 7.88. The van der Waals surface area contributed by atoms with E-state index in [-0.39, 0.29) is 11.3 Å². The van der Waals surface area contributed by atoms with E-state index in [0.29, 0.717) is 32.8 Å². The number of hydrogen-bond acceptors (Lipinski definition) is 6. The van der Waals surface area contributed by atoms with Gasteiger partial charge >= 0.3 is 0 Å². The fourth-order valence-electron chi connectivity index (χ4n) is 4.58. The highest BCUT2D eigenvalue weighted by molar-refractivity contribution is 9.10. The molecule has 1 heterocycles. The predicted octanol–water partition coefficient (Wildman–Crippen LogP) is 5.94. The van der Waals surface area contributed by atoms with Crippen molar-refractivity contribution < 1.29 is 24.2 Å². The van der Waals surface area contributed by atoms with Crippen LogP contribution >= 0.6 is 15.9 Å². The predicted molar refractivity (Wildman–Crippen MR) is 148 cm³/mol. The molecule has 4 rings (SSSR count). The molecule has 1 aliphatic rings. The summed E-state index contributed by atoms with van der Waals surface area (Å²) in [7, 11) is 3.10. The van der Waals surface area contributed by atoms with Gasteiger partial charge in [-0.3, -0.25) is 14.5 Å². The van der Waals surface area contributed by atoms with Crippen LogP contribution in [0, 0.1) is 0 Å². The second-order valence-corrected chi connectivity index (χ2v) is 9.33. The number of ketones is 1. The maximum Gasteiger partial charge on any atom is 0.300 e. The number of hydrogen-bond donors (Lipinski definition) is 1. The van der Waals surface area contributed by atoms with E-state index >= 15 is 0 Å². The van der Waals surface area contributed by atoms with E-state index in [1.807, 2.05) is 24.3 Å². The molecule has 1 amide bonds. The second kappa shape index (κ2) is 11.1. The van der Waals surface area contributed by atoms with E-state index in [9.17, 15) is 14.7 Å². The van der Waals surface area contributed by atoms with Gasteiger partial charge in [0.15, 0.2) is 0 Å². The Morgan fingerprint density at radius 1 is 0.946 bits per heavy atom. The number of aliphatic hydroxyl groups excluding tert-OH is 1. The van der Waals surface area contributed by atoms with Crippen LogP contribution in [0.25, 0.3) is 5.76 Å². The maximum absolute atomic E-state index is 13.4. The average molecular weight is 565 g/mol. The van der Waals surface area contributed by atoms with Crippen molar-refractivity contribution in [2.75, 3.05) is 37.1 Å². The molecule has 0 saturated carbocycles. The minimum atomic E-state index is -0.819. The molecule has 1 aliphatic heterocycles. The first-order valence-electron chi connectivity index (χ1n) is 12.0. The van der Waals surface area contributed by atoms with E-state index in [1.165, 1.54) is 4.90 Å². The smallest absolute Gasteiger partial charge is 0.300 e. The average Bonchev–Trinajstić information content (AvgIpc) is 3.19. The summed E-state index contributed by atoms with van der Waals surface area (Å²) in [5.74, 6) is -0.506. The Morgan fingerprint density at radius 3 is 2.14 bits per heavy atom. The van der Waals surface area contributed by atoms with Gasteiger partial charge in [0.2, 0.25) is 0 Å². The Balaban J connectivity index is 1.89. The zero-order valence-electron chi connectivity index (χ0n) is 21.2. The van der Waals surface area contributed by atoms with Crippen LogP contribution in [0.3, 0.4) is 0 Å². The van der Waals surface area contributed by atoms with Crippen molar-refractivity contribution in [1.29, 1.82) is 0 Å². The molecule has 0 aliphatic carbocycles. The minimum absolute atomic E-state index is 0.0217. The SMILES string of the molecule is CCN(CC)c1ccc(C2/C(=C(/O)c3ccc(OC)c(Br)c3)C(=O)C(=O)N2c2ccc(OC)cc2)cc1. The molecule has 1 fully saturated rings. The first-order chi connectivity index (χ1) is 17.8.